The van der Waals surface area contributed by atoms with Gasteiger partial charge in [0, 0.05) is 35.2 Å². The summed E-state index contributed by atoms with van der Waals surface area (Å²) in [6, 6.07) is 2.94. The van der Waals surface area contributed by atoms with Crippen LogP contribution in [0.5, 0.6) is 0 Å². The highest BCUT2D eigenvalue weighted by Gasteiger charge is 2.45. The van der Waals surface area contributed by atoms with Crippen molar-refractivity contribution in [2.75, 3.05) is 13.2 Å². The summed E-state index contributed by atoms with van der Waals surface area (Å²) in [6.07, 6.45) is 1.39. The molecule has 3 aromatic rings. The van der Waals surface area contributed by atoms with Crippen molar-refractivity contribution in [3.8, 4) is 11.4 Å². The van der Waals surface area contributed by atoms with Crippen molar-refractivity contribution in [1.29, 1.82) is 0 Å². The van der Waals surface area contributed by atoms with E-state index in [9.17, 15) is 24.2 Å². The maximum Gasteiger partial charge on any atom is 0.343 e. The molecule has 8 nitrogen and oxygen atoms in total. The van der Waals surface area contributed by atoms with E-state index in [-0.39, 0.29) is 48.9 Å². The van der Waals surface area contributed by atoms with Crippen molar-refractivity contribution < 1.29 is 24.1 Å². The first-order valence-electron chi connectivity index (χ1n) is 11.6. The number of rotatable bonds is 4. The van der Waals surface area contributed by atoms with E-state index >= 15 is 0 Å². The molecule has 2 aromatic heterocycles. The Hall–Kier alpha value is -2.66. The van der Waals surface area contributed by atoms with Gasteiger partial charge in [0.25, 0.3) is 5.56 Å². The van der Waals surface area contributed by atoms with Gasteiger partial charge in [0.05, 0.1) is 40.1 Å². The molecule has 0 spiro atoms. The molecule has 1 aliphatic carbocycles. The van der Waals surface area contributed by atoms with Crippen LogP contribution in [-0.2, 0) is 34.7 Å². The number of carbonyl (C=O) groups is 1. The van der Waals surface area contributed by atoms with Crippen LogP contribution in [0.25, 0.3) is 22.3 Å². The Bertz CT molecular complexity index is 1500. The second-order valence-corrected chi connectivity index (χ2v) is 10.1. The molecular weight excluding hydrogens is 521 g/mol. The van der Waals surface area contributed by atoms with Crippen LogP contribution in [0.1, 0.15) is 53.6 Å². The average Bonchev–Trinajstić information content (AvgIpc) is 3.22. The molecule has 2 atom stereocenters. The number of aryl methyl sites for hydroxylation is 1. The average molecular weight is 544 g/mol. The molecule has 35 heavy (non-hydrogen) atoms. The van der Waals surface area contributed by atoms with Gasteiger partial charge in [-0.25, -0.2) is 14.2 Å². The number of cyclic esters (lactones) is 1. The van der Waals surface area contributed by atoms with E-state index < -0.39 is 17.4 Å². The number of hydrogen-bond acceptors (Lipinski definition) is 7. The first kappa shape index (κ1) is 22.8. The quantitative estimate of drug-likeness (QED) is 0.339. The largest absolute Gasteiger partial charge is 0.458 e. The number of pyridine rings is 2. The molecule has 3 aliphatic rings. The molecular formula is C25H23BrFN3O5. The summed E-state index contributed by atoms with van der Waals surface area (Å²) in [5.74, 6) is -1.18. The summed E-state index contributed by atoms with van der Waals surface area (Å²) < 4.78 is 22.0. The van der Waals surface area contributed by atoms with Crippen molar-refractivity contribution in [1.82, 2.24) is 14.9 Å². The van der Waals surface area contributed by atoms with E-state index in [2.05, 4.69) is 21.2 Å². The second-order valence-electron chi connectivity index (χ2n) is 9.27. The minimum Gasteiger partial charge on any atom is -0.458 e. The van der Waals surface area contributed by atoms with Crippen LogP contribution >= 0.6 is 15.9 Å². The molecule has 0 amide bonds. The van der Waals surface area contributed by atoms with Gasteiger partial charge < -0.3 is 24.8 Å². The molecule has 0 unspecified atom stereocenters. The number of carbonyl (C=O) groups excluding carboxylic acids is 1. The van der Waals surface area contributed by atoms with Crippen LogP contribution < -0.4 is 10.9 Å². The summed E-state index contributed by atoms with van der Waals surface area (Å²) in [5, 5.41) is 24.7. The summed E-state index contributed by atoms with van der Waals surface area (Å²) >= 11 is 3.40. The highest BCUT2D eigenvalue weighted by atomic mass is 79.9. The molecule has 182 valence electrons. The second kappa shape index (κ2) is 7.92. The van der Waals surface area contributed by atoms with Gasteiger partial charge in [0.15, 0.2) is 5.60 Å². The van der Waals surface area contributed by atoms with Crippen molar-refractivity contribution in [2.24, 2.45) is 0 Å². The van der Waals surface area contributed by atoms with Gasteiger partial charge in [-0.1, -0.05) is 6.92 Å². The predicted octanol–water partition coefficient (Wildman–Crippen LogP) is 2.55. The molecule has 0 fully saturated rings. The summed E-state index contributed by atoms with van der Waals surface area (Å²) in [5.41, 5.74) is 2.39. The SMILES string of the molecule is CC[C@@]1(O)C(=O)OCc2c1cc1n(c2=O)Cc2c-1nc1cc(F)c(Br)c3c1c2[C@H](NCCO)CC3. The van der Waals surface area contributed by atoms with Crippen LogP contribution in [0, 0.1) is 5.82 Å². The van der Waals surface area contributed by atoms with Gasteiger partial charge in [-0.3, -0.25) is 4.79 Å². The smallest absolute Gasteiger partial charge is 0.343 e. The fourth-order valence-corrected chi connectivity index (χ4v) is 6.31. The molecule has 0 saturated heterocycles. The number of nitrogens with one attached hydrogen (secondary N) is 1. The first-order chi connectivity index (χ1) is 16.8. The normalized spacial score (nSPS) is 22.1. The highest BCUT2D eigenvalue weighted by Crippen LogP contribution is 2.46. The van der Waals surface area contributed by atoms with Crippen LogP contribution in [0.4, 0.5) is 4.39 Å². The van der Waals surface area contributed by atoms with E-state index in [1.807, 2.05) is 0 Å². The number of hydrogen-bond donors (Lipinski definition) is 3. The first-order valence-corrected chi connectivity index (χ1v) is 12.4. The van der Waals surface area contributed by atoms with Gasteiger partial charge in [0.1, 0.15) is 12.4 Å². The summed E-state index contributed by atoms with van der Waals surface area (Å²) in [4.78, 5) is 30.8. The number of fused-ring (bicyclic) bond motifs is 5. The van der Waals surface area contributed by atoms with Gasteiger partial charge in [0.2, 0.25) is 0 Å². The zero-order valence-corrected chi connectivity index (χ0v) is 20.5. The Kier molecular flexibility index (Phi) is 5.16. The third-order valence-corrected chi connectivity index (χ3v) is 8.40. The molecule has 0 saturated carbocycles. The van der Waals surface area contributed by atoms with Crippen molar-refractivity contribution in [2.45, 2.75) is 51.0 Å². The van der Waals surface area contributed by atoms with Crippen LogP contribution in [-0.4, -0.2) is 38.9 Å². The lowest BCUT2D eigenvalue weighted by Gasteiger charge is -2.31. The van der Waals surface area contributed by atoms with E-state index in [1.165, 1.54) is 6.07 Å². The Morgan fingerprint density at radius 1 is 1.31 bits per heavy atom. The van der Waals surface area contributed by atoms with Crippen LogP contribution in [0.3, 0.4) is 0 Å². The lowest BCUT2D eigenvalue weighted by molar-refractivity contribution is -0.172. The molecule has 3 N–H and O–H groups in total. The maximum atomic E-state index is 14.8. The predicted molar refractivity (Wildman–Crippen MR) is 128 cm³/mol. The minimum absolute atomic E-state index is 0.0249. The van der Waals surface area contributed by atoms with Crippen molar-refractivity contribution in [3.05, 3.63) is 60.6 Å². The Labute approximate surface area is 207 Å². The Balaban J connectivity index is 1.66. The number of aromatic nitrogens is 2. The lowest BCUT2D eigenvalue weighted by Crippen LogP contribution is -2.44. The fourth-order valence-electron chi connectivity index (χ4n) is 5.80. The lowest BCUT2D eigenvalue weighted by atomic mass is 9.83. The monoisotopic (exact) mass is 543 g/mol. The Morgan fingerprint density at radius 2 is 2.11 bits per heavy atom. The van der Waals surface area contributed by atoms with Crippen molar-refractivity contribution >= 4 is 32.8 Å². The molecule has 1 aromatic carbocycles. The zero-order valence-electron chi connectivity index (χ0n) is 19.0. The number of ether oxygens (including phenoxy) is 1. The number of benzene rings is 1. The number of aliphatic hydroxyl groups excluding tert-OH is 1. The zero-order chi connectivity index (χ0) is 24.6. The molecule has 0 bridgehead atoms. The molecule has 2 aliphatic heterocycles. The number of nitrogens with zero attached hydrogens (tertiary/aromatic N) is 2. The maximum absolute atomic E-state index is 14.8. The van der Waals surface area contributed by atoms with E-state index in [4.69, 9.17) is 9.72 Å². The summed E-state index contributed by atoms with van der Waals surface area (Å²) in [6.45, 7) is 2.09. The highest BCUT2D eigenvalue weighted by molar-refractivity contribution is 9.10. The number of esters is 1. The molecule has 6 rings (SSSR count). The molecule has 10 heteroatoms. The van der Waals surface area contributed by atoms with Crippen LogP contribution in [0.15, 0.2) is 21.4 Å². The minimum atomic E-state index is -1.91. The van der Waals surface area contributed by atoms with Crippen molar-refractivity contribution in [3.63, 3.8) is 0 Å². The molecule has 0 radical (unpaired) electrons. The van der Waals surface area contributed by atoms with Gasteiger partial charge in [-0.15, -0.1) is 0 Å². The standard InChI is InChI=1S/C25H23BrFN3O5/c1-2-25(34)14-7-18-22-12(9-30(18)23(32)13(14)10-35-24(25)33)20-16(28-5-6-31)4-3-11-19(20)17(29-22)8-15(27)21(11)26/h7-8,16,28,31,34H,2-6,9-10H2,1H3/t16-,25+/m1/s1. The Morgan fingerprint density at radius 3 is 2.86 bits per heavy atom. The fraction of sp³-hybridized carbons (Fsp3) is 0.400. The molecule has 4 heterocycles. The van der Waals surface area contributed by atoms with E-state index in [0.717, 1.165) is 22.1 Å². The summed E-state index contributed by atoms with van der Waals surface area (Å²) in [7, 11) is 0. The number of halogens is 2. The van der Waals surface area contributed by atoms with Crippen LogP contribution in [0.2, 0.25) is 0 Å². The van der Waals surface area contributed by atoms with Gasteiger partial charge in [-0.05, 0) is 52.4 Å². The topological polar surface area (TPSA) is 114 Å². The number of aliphatic hydroxyl groups is 2. The van der Waals surface area contributed by atoms with E-state index in [0.29, 0.717) is 40.8 Å². The third-order valence-electron chi connectivity index (χ3n) is 7.54. The van der Waals surface area contributed by atoms with Gasteiger partial charge in [-0.2, -0.15) is 0 Å². The third kappa shape index (κ3) is 3.03. The van der Waals surface area contributed by atoms with E-state index in [1.54, 1.807) is 17.6 Å². The van der Waals surface area contributed by atoms with Gasteiger partial charge >= 0.3 is 5.97 Å².